The quantitative estimate of drug-likeness (QED) is 0.339. The second-order valence-electron chi connectivity index (χ2n) is 8.60. The number of rotatable bonds is 14. The molecule has 0 aromatic carbocycles. The third-order valence-electron chi connectivity index (χ3n) is 3.28. The minimum atomic E-state index is -5.29. The van der Waals surface area contributed by atoms with Crippen molar-refractivity contribution in [3.63, 3.8) is 0 Å². The van der Waals surface area contributed by atoms with Crippen molar-refractivity contribution >= 4 is 18.5 Å². The predicted molar refractivity (Wildman–Crippen MR) is 104 cm³/mol. The second-order valence-corrected chi connectivity index (χ2v) is 15.4. The van der Waals surface area contributed by atoms with Gasteiger partial charge >= 0.3 is 180 Å². The van der Waals surface area contributed by atoms with E-state index in [0.717, 1.165) is 0 Å². The van der Waals surface area contributed by atoms with Gasteiger partial charge in [0.2, 0.25) is 0 Å². The Morgan fingerprint density at radius 1 is 0.655 bits per heavy atom. The van der Waals surface area contributed by atoms with Crippen molar-refractivity contribution in [1.29, 1.82) is 0 Å². The fourth-order valence-corrected chi connectivity index (χ4v) is 10.7. The zero-order valence-corrected chi connectivity index (χ0v) is 21.5. The molecule has 0 bridgehead atoms. The zero-order valence-electron chi connectivity index (χ0n) is 19.0. The van der Waals surface area contributed by atoms with Gasteiger partial charge in [-0.1, -0.05) is 0 Å². The first-order valence-corrected chi connectivity index (χ1v) is 14.3. The predicted octanol–water partition coefficient (Wildman–Crippen LogP) is 2.65. The maximum absolute atomic E-state index is 13.2. The molecule has 0 heterocycles. The Morgan fingerprint density at radius 3 is 1.21 bits per heavy atom. The fourth-order valence-electron chi connectivity index (χ4n) is 2.39. The number of carbonyl (C=O) groups is 4. The van der Waals surface area contributed by atoms with Crippen molar-refractivity contribution in [3.8, 4) is 0 Å². The topological polar surface area (TPSA) is 105 Å². The van der Waals surface area contributed by atoms with Gasteiger partial charge in [0.25, 0.3) is 0 Å². The Bertz CT molecular complexity index is 534. The summed E-state index contributed by atoms with van der Waals surface area (Å²) in [6.45, 7) is 13.9. The van der Waals surface area contributed by atoms with Crippen LogP contribution in [-0.4, -0.2) is 56.2 Å². The fraction of sp³-hybridized carbons (Fsp3) is 0.800. The maximum atomic E-state index is 13.2. The number of ketones is 2. The molecule has 0 aliphatic carbocycles. The molecule has 0 aliphatic rings. The molecule has 0 radical (unpaired) electrons. The summed E-state index contributed by atoms with van der Waals surface area (Å²) < 4.78 is 20.9. The first-order valence-electron chi connectivity index (χ1n) is 9.82. The van der Waals surface area contributed by atoms with Crippen LogP contribution in [0.15, 0.2) is 0 Å². The van der Waals surface area contributed by atoms with Gasteiger partial charge in [-0.2, -0.15) is 0 Å². The minimum absolute atomic E-state index is 0.229. The van der Waals surface area contributed by atoms with Crippen molar-refractivity contribution in [2.45, 2.75) is 79.4 Å². The van der Waals surface area contributed by atoms with Gasteiger partial charge < -0.3 is 0 Å². The molecule has 8 nitrogen and oxygen atoms in total. The van der Waals surface area contributed by atoms with E-state index in [0.29, 0.717) is 13.2 Å². The summed E-state index contributed by atoms with van der Waals surface area (Å²) in [5, 5.41) is 0. The van der Waals surface area contributed by atoms with Crippen LogP contribution in [0.3, 0.4) is 0 Å². The summed E-state index contributed by atoms with van der Waals surface area (Å²) in [7, 11) is 0. The molecule has 9 heteroatoms. The molecule has 0 fully saturated rings. The molecule has 168 valence electrons. The summed E-state index contributed by atoms with van der Waals surface area (Å²) in [4.78, 5) is 50.8. The molecular formula is C20H36O8Zr. The van der Waals surface area contributed by atoms with Crippen molar-refractivity contribution in [1.82, 2.24) is 0 Å². The zero-order chi connectivity index (χ0) is 22.9. The van der Waals surface area contributed by atoms with Crippen molar-refractivity contribution in [2.24, 2.45) is 0 Å². The third-order valence-corrected chi connectivity index (χ3v) is 12.2. The average molecular weight is 496 g/mol. The standard InChI is InChI=1S/2C6H9O3.2C4H9O.Zr/c2*1-2-9-5-6(8)3-4-7;2*1-4(2,3)5;/h2*2-3,5H2,1H3;2*1-3H3;/q;;2*-1;+2. The summed E-state index contributed by atoms with van der Waals surface area (Å²) in [6, 6.07) is 0. The molecule has 0 N–H and O–H groups in total. The van der Waals surface area contributed by atoms with Crippen LogP contribution in [0.1, 0.15) is 68.2 Å². The average Bonchev–Trinajstić information content (AvgIpc) is 2.54. The molecular weight excluding hydrogens is 459 g/mol. The van der Waals surface area contributed by atoms with E-state index in [1.807, 2.05) is 0 Å². The molecule has 0 spiro atoms. The Balaban J connectivity index is 5.98. The Morgan fingerprint density at radius 2 is 0.966 bits per heavy atom. The van der Waals surface area contributed by atoms with E-state index in [1.165, 1.54) is 0 Å². The van der Waals surface area contributed by atoms with Gasteiger partial charge in [0.05, 0.1) is 0 Å². The molecule has 0 amide bonds. The van der Waals surface area contributed by atoms with E-state index in [9.17, 15) is 19.2 Å². The van der Waals surface area contributed by atoms with Gasteiger partial charge in [0, 0.05) is 0 Å². The second kappa shape index (κ2) is 12.3. The normalized spacial score (nSPS) is 12.7. The van der Waals surface area contributed by atoms with E-state index >= 15 is 0 Å². The monoisotopic (exact) mass is 494 g/mol. The van der Waals surface area contributed by atoms with Crippen molar-refractivity contribution in [2.75, 3.05) is 26.4 Å². The number of ether oxygens (including phenoxy) is 2. The molecule has 0 aliphatic heterocycles. The van der Waals surface area contributed by atoms with E-state index in [4.69, 9.17) is 15.1 Å². The van der Waals surface area contributed by atoms with Gasteiger partial charge in [-0.05, 0) is 0 Å². The van der Waals surface area contributed by atoms with Crippen LogP contribution in [0.25, 0.3) is 0 Å². The Labute approximate surface area is 179 Å². The van der Waals surface area contributed by atoms with Crippen LogP contribution in [0.4, 0.5) is 0 Å². The van der Waals surface area contributed by atoms with Crippen molar-refractivity contribution < 1.29 is 55.4 Å². The van der Waals surface area contributed by atoms with Gasteiger partial charge in [-0.3, -0.25) is 0 Å². The van der Waals surface area contributed by atoms with Crippen LogP contribution in [-0.2, 0) is 55.4 Å². The summed E-state index contributed by atoms with van der Waals surface area (Å²) in [5.74, 6) is -0.914. The number of hydrogen-bond acceptors (Lipinski definition) is 8. The van der Waals surface area contributed by atoms with Gasteiger partial charge in [-0.25, -0.2) is 0 Å². The van der Waals surface area contributed by atoms with Gasteiger partial charge in [0.1, 0.15) is 0 Å². The molecule has 0 atom stereocenters. The van der Waals surface area contributed by atoms with E-state index < -0.39 is 63.7 Å². The first kappa shape index (κ1) is 28.4. The Kier molecular flexibility index (Phi) is 12.1. The number of carbonyl (C=O) groups excluding carboxylic acids is 4. The molecule has 0 saturated carbocycles. The number of Topliss-reactive ketones (excluding diaryl/α,β-unsaturated/α-hetero) is 2. The molecule has 0 rings (SSSR count). The van der Waals surface area contributed by atoms with E-state index in [-0.39, 0.29) is 13.2 Å². The van der Waals surface area contributed by atoms with Crippen LogP contribution >= 0.6 is 0 Å². The summed E-state index contributed by atoms with van der Waals surface area (Å²) >= 11 is -5.29. The van der Waals surface area contributed by atoms with Crippen LogP contribution < -0.4 is 0 Å². The molecule has 0 aromatic rings. The molecule has 0 saturated heterocycles. The Hall–Kier alpha value is -0.597. The molecule has 0 aromatic heterocycles. The third kappa shape index (κ3) is 11.4. The van der Waals surface area contributed by atoms with Gasteiger partial charge in [0.15, 0.2) is 0 Å². The summed E-state index contributed by atoms with van der Waals surface area (Å²) in [6.07, 6.45) is -1.04. The number of hydrogen-bond donors (Lipinski definition) is 0. The van der Waals surface area contributed by atoms with Crippen LogP contribution in [0.5, 0.6) is 0 Å². The summed E-state index contributed by atoms with van der Waals surface area (Å²) in [5.41, 5.74) is -1.75. The van der Waals surface area contributed by atoms with E-state index in [2.05, 4.69) is 0 Å². The van der Waals surface area contributed by atoms with Crippen LogP contribution in [0, 0.1) is 0 Å². The first-order chi connectivity index (χ1) is 13.2. The van der Waals surface area contributed by atoms with Crippen LogP contribution in [0.2, 0.25) is 0 Å². The van der Waals surface area contributed by atoms with Gasteiger partial charge in [-0.15, -0.1) is 0 Å². The SMILES string of the molecule is CCOCC(=O)C[C](=O)[Zr]([O]C(C)(C)C)([O]C(C)(C)C)[C](=O)CC(=O)COCC. The molecule has 29 heavy (non-hydrogen) atoms. The van der Waals surface area contributed by atoms with Crippen molar-refractivity contribution in [3.05, 3.63) is 0 Å². The molecule has 0 unspecified atom stereocenters. The van der Waals surface area contributed by atoms with E-state index in [1.54, 1.807) is 55.4 Å².